The fourth-order valence-electron chi connectivity index (χ4n) is 2.11. The van der Waals surface area contributed by atoms with E-state index in [1.54, 1.807) is 23.2 Å². The zero-order valence-corrected chi connectivity index (χ0v) is 11.4. The number of rotatable bonds is 2. The average Bonchev–Trinajstić information content (AvgIpc) is 2.38. The first-order valence-corrected chi connectivity index (χ1v) is 6.57. The Morgan fingerprint density at radius 3 is 2.94 bits per heavy atom. The van der Waals surface area contributed by atoms with Gasteiger partial charge in [-0.3, -0.25) is 9.59 Å². The van der Waals surface area contributed by atoms with Crippen LogP contribution in [0, 0.1) is 5.92 Å². The van der Waals surface area contributed by atoms with Crippen LogP contribution in [0.1, 0.15) is 23.2 Å². The van der Waals surface area contributed by atoms with Gasteiger partial charge in [-0.15, -0.1) is 0 Å². The fraction of sp³-hybridized carbons (Fsp3) is 0.417. The molecule has 2 heterocycles. The smallest absolute Gasteiger partial charge is 0.254 e. The van der Waals surface area contributed by atoms with Gasteiger partial charge in [0.1, 0.15) is 4.60 Å². The molecule has 0 saturated carbocycles. The van der Waals surface area contributed by atoms with Crippen LogP contribution >= 0.6 is 15.9 Å². The number of nitrogens with two attached hydrogens (primary N) is 1. The Bertz CT molecular complexity index is 478. The Morgan fingerprint density at radius 1 is 1.50 bits per heavy atom. The van der Waals surface area contributed by atoms with Gasteiger partial charge in [-0.05, 0) is 40.9 Å². The molecule has 1 aromatic heterocycles. The van der Waals surface area contributed by atoms with Crippen molar-refractivity contribution < 1.29 is 9.59 Å². The van der Waals surface area contributed by atoms with E-state index in [0.717, 1.165) is 12.8 Å². The maximum Gasteiger partial charge on any atom is 0.254 e. The van der Waals surface area contributed by atoms with Gasteiger partial charge in [0.2, 0.25) is 5.91 Å². The molecule has 96 valence electrons. The van der Waals surface area contributed by atoms with E-state index in [0.29, 0.717) is 23.3 Å². The van der Waals surface area contributed by atoms with Crippen molar-refractivity contribution >= 4 is 27.7 Å². The number of halogens is 1. The van der Waals surface area contributed by atoms with Crippen LogP contribution in [0.15, 0.2) is 22.9 Å². The van der Waals surface area contributed by atoms with Crippen molar-refractivity contribution in [2.24, 2.45) is 11.7 Å². The van der Waals surface area contributed by atoms with Gasteiger partial charge in [-0.1, -0.05) is 0 Å². The molecule has 6 heteroatoms. The summed E-state index contributed by atoms with van der Waals surface area (Å²) in [4.78, 5) is 29.1. The highest BCUT2D eigenvalue weighted by Crippen LogP contribution is 2.19. The van der Waals surface area contributed by atoms with E-state index in [1.165, 1.54) is 0 Å². The molecular weight excluding hydrogens is 298 g/mol. The highest BCUT2D eigenvalue weighted by Gasteiger charge is 2.27. The molecule has 0 aliphatic carbocycles. The molecule has 1 aromatic rings. The van der Waals surface area contributed by atoms with Crippen LogP contribution in [0.5, 0.6) is 0 Å². The summed E-state index contributed by atoms with van der Waals surface area (Å²) in [5.41, 5.74) is 5.87. The molecule has 5 nitrogen and oxygen atoms in total. The minimum absolute atomic E-state index is 0.0796. The van der Waals surface area contributed by atoms with Crippen LogP contribution < -0.4 is 5.73 Å². The molecular formula is C12H14BrN3O2. The number of carbonyl (C=O) groups excluding carboxylic acids is 2. The Hall–Kier alpha value is -1.43. The molecule has 1 fully saturated rings. The summed E-state index contributed by atoms with van der Waals surface area (Å²) in [6.07, 6.45) is 3.15. The van der Waals surface area contributed by atoms with Crippen LogP contribution in [-0.4, -0.2) is 34.8 Å². The maximum absolute atomic E-state index is 12.2. The van der Waals surface area contributed by atoms with Gasteiger partial charge in [0, 0.05) is 24.8 Å². The Kier molecular flexibility index (Phi) is 3.96. The number of pyridine rings is 1. The molecule has 18 heavy (non-hydrogen) atoms. The lowest BCUT2D eigenvalue weighted by atomic mass is 9.97. The second-order valence-corrected chi connectivity index (χ2v) is 5.17. The monoisotopic (exact) mass is 311 g/mol. The molecule has 0 radical (unpaired) electrons. The number of hydrogen-bond acceptors (Lipinski definition) is 3. The van der Waals surface area contributed by atoms with Crippen molar-refractivity contribution in [1.82, 2.24) is 9.88 Å². The summed E-state index contributed by atoms with van der Waals surface area (Å²) in [6, 6.07) is 3.34. The summed E-state index contributed by atoms with van der Waals surface area (Å²) in [5, 5.41) is 0. The van der Waals surface area contributed by atoms with Crippen LogP contribution in [0.2, 0.25) is 0 Å². The predicted molar refractivity (Wildman–Crippen MR) is 69.8 cm³/mol. The van der Waals surface area contributed by atoms with Gasteiger partial charge in [0.15, 0.2) is 0 Å². The van der Waals surface area contributed by atoms with Gasteiger partial charge in [-0.25, -0.2) is 4.98 Å². The largest absolute Gasteiger partial charge is 0.369 e. The molecule has 0 bridgehead atoms. The lowest BCUT2D eigenvalue weighted by molar-refractivity contribution is -0.123. The summed E-state index contributed by atoms with van der Waals surface area (Å²) in [7, 11) is 0. The third-order valence-electron chi connectivity index (χ3n) is 3.08. The standard InChI is InChI=1S/C12H14BrN3O2/c13-10-6-8(3-4-15-10)12(18)16-5-1-2-9(7-16)11(14)17/h3-4,6,9H,1-2,5,7H2,(H2,14,17). The first kappa shape index (κ1) is 13.0. The molecule has 1 saturated heterocycles. The van der Waals surface area contributed by atoms with E-state index >= 15 is 0 Å². The first-order chi connectivity index (χ1) is 8.58. The third-order valence-corrected chi connectivity index (χ3v) is 3.52. The SMILES string of the molecule is NC(=O)C1CCCN(C(=O)c2ccnc(Br)c2)C1. The van der Waals surface area contributed by atoms with Crippen molar-refractivity contribution in [2.45, 2.75) is 12.8 Å². The average molecular weight is 312 g/mol. The van der Waals surface area contributed by atoms with Crippen molar-refractivity contribution in [2.75, 3.05) is 13.1 Å². The molecule has 2 amide bonds. The number of hydrogen-bond donors (Lipinski definition) is 1. The Labute approximate surface area is 113 Å². The number of amides is 2. The molecule has 2 N–H and O–H groups in total. The molecule has 1 unspecified atom stereocenters. The summed E-state index contributed by atoms with van der Waals surface area (Å²) in [6.45, 7) is 1.08. The number of nitrogens with zero attached hydrogens (tertiary/aromatic N) is 2. The predicted octanol–water partition coefficient (Wildman–Crippen LogP) is 1.18. The fourth-order valence-corrected chi connectivity index (χ4v) is 2.48. The van der Waals surface area contributed by atoms with E-state index in [-0.39, 0.29) is 17.7 Å². The molecule has 1 atom stereocenters. The number of piperidine rings is 1. The van der Waals surface area contributed by atoms with Gasteiger partial charge in [0.05, 0.1) is 5.92 Å². The normalized spacial score (nSPS) is 19.6. The molecule has 0 spiro atoms. The molecule has 1 aliphatic heterocycles. The maximum atomic E-state index is 12.2. The van der Waals surface area contributed by atoms with E-state index in [9.17, 15) is 9.59 Å². The van der Waals surface area contributed by atoms with Crippen molar-refractivity contribution in [3.8, 4) is 0 Å². The zero-order valence-electron chi connectivity index (χ0n) is 9.80. The van der Waals surface area contributed by atoms with E-state index in [1.807, 2.05) is 0 Å². The summed E-state index contributed by atoms with van der Waals surface area (Å²) >= 11 is 3.23. The number of aromatic nitrogens is 1. The van der Waals surface area contributed by atoms with Crippen molar-refractivity contribution in [3.05, 3.63) is 28.5 Å². The quantitative estimate of drug-likeness (QED) is 0.833. The van der Waals surface area contributed by atoms with Crippen LogP contribution in [0.25, 0.3) is 0 Å². The number of likely N-dealkylation sites (tertiary alicyclic amines) is 1. The number of carbonyl (C=O) groups is 2. The Morgan fingerprint density at radius 2 is 2.28 bits per heavy atom. The van der Waals surface area contributed by atoms with Crippen LogP contribution in [-0.2, 0) is 4.79 Å². The zero-order chi connectivity index (χ0) is 13.1. The van der Waals surface area contributed by atoms with Crippen molar-refractivity contribution in [3.63, 3.8) is 0 Å². The van der Waals surface area contributed by atoms with Gasteiger partial charge >= 0.3 is 0 Å². The van der Waals surface area contributed by atoms with E-state index in [2.05, 4.69) is 20.9 Å². The highest BCUT2D eigenvalue weighted by atomic mass is 79.9. The third kappa shape index (κ3) is 2.87. The highest BCUT2D eigenvalue weighted by molar-refractivity contribution is 9.10. The minimum Gasteiger partial charge on any atom is -0.369 e. The minimum atomic E-state index is -0.330. The first-order valence-electron chi connectivity index (χ1n) is 5.78. The summed E-state index contributed by atoms with van der Waals surface area (Å²) in [5.74, 6) is -0.638. The van der Waals surface area contributed by atoms with Crippen LogP contribution in [0.4, 0.5) is 0 Å². The van der Waals surface area contributed by atoms with Crippen LogP contribution in [0.3, 0.4) is 0 Å². The number of primary amides is 1. The van der Waals surface area contributed by atoms with Gasteiger partial charge in [-0.2, -0.15) is 0 Å². The van der Waals surface area contributed by atoms with Crippen molar-refractivity contribution in [1.29, 1.82) is 0 Å². The van der Waals surface area contributed by atoms with E-state index in [4.69, 9.17) is 5.73 Å². The molecule has 0 aromatic carbocycles. The topological polar surface area (TPSA) is 76.3 Å². The van der Waals surface area contributed by atoms with Gasteiger partial charge < -0.3 is 10.6 Å². The van der Waals surface area contributed by atoms with E-state index < -0.39 is 0 Å². The van der Waals surface area contributed by atoms with Gasteiger partial charge in [0.25, 0.3) is 5.91 Å². The summed E-state index contributed by atoms with van der Waals surface area (Å²) < 4.78 is 0.622. The Balaban J connectivity index is 2.11. The second kappa shape index (κ2) is 5.48. The lowest BCUT2D eigenvalue weighted by Gasteiger charge is -2.31. The second-order valence-electron chi connectivity index (χ2n) is 4.36. The molecule has 2 rings (SSSR count). The molecule has 1 aliphatic rings. The lowest BCUT2D eigenvalue weighted by Crippen LogP contribution is -2.44.